The Labute approximate surface area is 168 Å². The first-order chi connectivity index (χ1) is 12.8. The quantitative estimate of drug-likeness (QED) is 0.767. The fourth-order valence-electron chi connectivity index (χ4n) is 2.95. The maximum absolute atomic E-state index is 12.4. The van der Waals surface area contributed by atoms with Crippen LogP contribution in [0.4, 0.5) is 0 Å². The van der Waals surface area contributed by atoms with Crippen molar-refractivity contribution in [2.75, 3.05) is 19.7 Å². The number of halogens is 1. The number of hydrogen-bond acceptors (Lipinski definition) is 5. The van der Waals surface area contributed by atoms with Gasteiger partial charge in [0.1, 0.15) is 9.96 Å². The highest BCUT2D eigenvalue weighted by molar-refractivity contribution is 7.91. The van der Waals surface area contributed by atoms with Crippen molar-refractivity contribution in [3.05, 3.63) is 46.3 Å². The zero-order chi connectivity index (χ0) is 19.4. The van der Waals surface area contributed by atoms with E-state index in [1.165, 1.54) is 11.3 Å². The third kappa shape index (κ3) is 5.22. The fraction of sp³-hybridized carbons (Fsp3) is 0.389. The lowest BCUT2D eigenvalue weighted by Gasteiger charge is -2.32. The predicted octanol–water partition coefficient (Wildman–Crippen LogP) is 3.06. The lowest BCUT2D eigenvalue weighted by molar-refractivity contribution is -0.134. The van der Waals surface area contributed by atoms with Crippen molar-refractivity contribution in [2.45, 2.75) is 30.0 Å². The van der Waals surface area contributed by atoms with Crippen LogP contribution in [-0.2, 0) is 14.8 Å². The summed E-state index contributed by atoms with van der Waals surface area (Å²) >= 11 is 7.11. The van der Waals surface area contributed by atoms with Crippen LogP contribution in [0.1, 0.15) is 18.4 Å². The first kappa shape index (κ1) is 20.1. The second kappa shape index (κ2) is 8.60. The Kier molecular flexibility index (Phi) is 6.41. The summed E-state index contributed by atoms with van der Waals surface area (Å²) in [6.45, 7) is 2.82. The number of nitrogens with zero attached hydrogens (tertiary/aromatic N) is 1. The van der Waals surface area contributed by atoms with E-state index in [0.29, 0.717) is 40.9 Å². The van der Waals surface area contributed by atoms with Crippen LogP contribution >= 0.6 is 22.9 Å². The minimum atomic E-state index is -3.48. The first-order valence-electron chi connectivity index (χ1n) is 8.58. The van der Waals surface area contributed by atoms with Crippen molar-refractivity contribution in [3.8, 4) is 5.75 Å². The zero-order valence-electron chi connectivity index (χ0n) is 14.9. The Morgan fingerprint density at radius 3 is 2.70 bits per heavy atom. The van der Waals surface area contributed by atoms with Crippen LogP contribution in [0.5, 0.6) is 5.75 Å². The molecule has 2 heterocycles. The molecule has 1 N–H and O–H groups in total. The van der Waals surface area contributed by atoms with Gasteiger partial charge in [0.2, 0.25) is 10.0 Å². The molecule has 1 aromatic carbocycles. The Morgan fingerprint density at radius 1 is 1.33 bits per heavy atom. The van der Waals surface area contributed by atoms with Crippen molar-refractivity contribution in [1.82, 2.24) is 9.62 Å². The molecule has 1 aliphatic heterocycles. The molecule has 1 aromatic heterocycles. The van der Waals surface area contributed by atoms with E-state index in [9.17, 15) is 13.2 Å². The number of ether oxygens (including phenoxy) is 1. The monoisotopic (exact) mass is 428 g/mol. The summed E-state index contributed by atoms with van der Waals surface area (Å²) in [6.07, 6.45) is 1.16. The third-order valence-corrected chi connectivity index (χ3v) is 7.57. The summed E-state index contributed by atoms with van der Waals surface area (Å²) in [5.41, 5.74) is 0.872. The molecule has 0 spiro atoms. The minimum Gasteiger partial charge on any atom is -0.483 e. The normalized spacial score (nSPS) is 15.7. The van der Waals surface area contributed by atoms with Crippen molar-refractivity contribution < 1.29 is 17.9 Å². The molecule has 3 rings (SSSR count). The number of rotatable bonds is 6. The average Bonchev–Trinajstić information content (AvgIpc) is 3.17. The number of benzene rings is 1. The molecule has 0 bridgehead atoms. The van der Waals surface area contributed by atoms with Crippen molar-refractivity contribution >= 4 is 38.9 Å². The van der Waals surface area contributed by atoms with Gasteiger partial charge in [-0.05, 0) is 55.0 Å². The van der Waals surface area contributed by atoms with E-state index < -0.39 is 10.0 Å². The highest BCUT2D eigenvalue weighted by atomic mass is 35.5. The largest absolute Gasteiger partial charge is 0.483 e. The van der Waals surface area contributed by atoms with E-state index in [-0.39, 0.29) is 18.6 Å². The van der Waals surface area contributed by atoms with E-state index in [2.05, 4.69) is 4.72 Å². The highest BCUT2D eigenvalue weighted by Crippen LogP contribution is 2.22. The van der Waals surface area contributed by atoms with Gasteiger partial charge in [-0.15, -0.1) is 11.3 Å². The Hall–Kier alpha value is -1.61. The number of nitrogens with one attached hydrogen (secondary N) is 1. The molecular formula is C18H21ClN2O4S2. The Bertz CT molecular complexity index is 892. The van der Waals surface area contributed by atoms with Gasteiger partial charge in [-0.2, -0.15) is 0 Å². The van der Waals surface area contributed by atoms with Crippen LogP contribution < -0.4 is 9.46 Å². The molecule has 0 saturated carbocycles. The Balaban J connectivity index is 1.48. The summed E-state index contributed by atoms with van der Waals surface area (Å²) < 4.78 is 33.2. The van der Waals surface area contributed by atoms with Crippen LogP contribution in [-0.4, -0.2) is 45.0 Å². The number of piperidine rings is 1. The maximum atomic E-state index is 12.4. The van der Waals surface area contributed by atoms with Gasteiger partial charge in [-0.3, -0.25) is 4.79 Å². The number of thiophene rings is 1. The molecule has 6 nitrogen and oxygen atoms in total. The van der Waals surface area contributed by atoms with Crippen LogP contribution in [0, 0.1) is 6.92 Å². The number of carbonyl (C=O) groups is 1. The van der Waals surface area contributed by atoms with Crippen LogP contribution in [0.2, 0.25) is 5.02 Å². The molecule has 1 amide bonds. The van der Waals surface area contributed by atoms with Crippen LogP contribution in [0.3, 0.4) is 0 Å². The smallest absolute Gasteiger partial charge is 0.260 e. The molecule has 0 aliphatic carbocycles. The molecule has 0 unspecified atom stereocenters. The van der Waals surface area contributed by atoms with Gasteiger partial charge < -0.3 is 9.64 Å². The van der Waals surface area contributed by atoms with E-state index in [4.69, 9.17) is 16.3 Å². The molecule has 9 heteroatoms. The standard InChI is InChI=1S/C18H21ClN2O4S2/c1-13-11-14(19)4-5-16(13)25-12-17(22)21-8-6-15(7-9-21)20-27(23,24)18-3-2-10-26-18/h2-5,10-11,15,20H,6-9,12H2,1H3. The number of aryl methyl sites for hydroxylation is 1. The van der Waals surface area contributed by atoms with Crippen molar-refractivity contribution in [1.29, 1.82) is 0 Å². The van der Waals surface area contributed by atoms with E-state index >= 15 is 0 Å². The van der Waals surface area contributed by atoms with Gasteiger partial charge in [0.25, 0.3) is 5.91 Å². The van der Waals surface area contributed by atoms with Gasteiger partial charge in [0, 0.05) is 24.2 Å². The number of hydrogen-bond donors (Lipinski definition) is 1. The fourth-order valence-corrected chi connectivity index (χ4v) is 5.49. The molecule has 146 valence electrons. The van der Waals surface area contributed by atoms with Crippen LogP contribution in [0.15, 0.2) is 39.9 Å². The first-order valence-corrected chi connectivity index (χ1v) is 11.3. The van der Waals surface area contributed by atoms with Crippen LogP contribution in [0.25, 0.3) is 0 Å². The zero-order valence-corrected chi connectivity index (χ0v) is 17.2. The van der Waals surface area contributed by atoms with Gasteiger partial charge in [-0.1, -0.05) is 17.7 Å². The molecule has 0 radical (unpaired) electrons. The summed E-state index contributed by atoms with van der Waals surface area (Å²) in [5, 5.41) is 2.36. The van der Waals surface area contributed by atoms with E-state index in [1.54, 1.807) is 40.6 Å². The number of likely N-dealkylation sites (tertiary alicyclic amines) is 1. The Morgan fingerprint density at radius 2 is 2.07 bits per heavy atom. The van der Waals surface area contributed by atoms with Crippen molar-refractivity contribution in [2.24, 2.45) is 0 Å². The molecule has 27 heavy (non-hydrogen) atoms. The van der Waals surface area contributed by atoms with Gasteiger partial charge in [-0.25, -0.2) is 13.1 Å². The number of amides is 1. The number of sulfonamides is 1. The maximum Gasteiger partial charge on any atom is 0.260 e. The SMILES string of the molecule is Cc1cc(Cl)ccc1OCC(=O)N1CCC(NS(=O)(=O)c2cccs2)CC1. The van der Waals surface area contributed by atoms with E-state index in [0.717, 1.165) is 5.56 Å². The third-order valence-electron chi connectivity index (χ3n) is 4.42. The van der Waals surface area contributed by atoms with Crippen molar-refractivity contribution in [3.63, 3.8) is 0 Å². The van der Waals surface area contributed by atoms with Gasteiger partial charge in [0.05, 0.1) is 0 Å². The molecule has 1 aliphatic rings. The predicted molar refractivity (Wildman–Crippen MR) is 106 cm³/mol. The topological polar surface area (TPSA) is 75.7 Å². The lowest BCUT2D eigenvalue weighted by Crippen LogP contribution is -2.47. The molecule has 2 aromatic rings. The second-order valence-electron chi connectivity index (χ2n) is 6.41. The summed E-state index contributed by atoms with van der Waals surface area (Å²) in [7, 11) is -3.48. The molecule has 1 saturated heterocycles. The lowest BCUT2D eigenvalue weighted by atomic mass is 10.1. The van der Waals surface area contributed by atoms with Gasteiger partial charge >= 0.3 is 0 Å². The summed E-state index contributed by atoms with van der Waals surface area (Å²) in [6, 6.07) is 8.38. The minimum absolute atomic E-state index is 0.0476. The number of carbonyl (C=O) groups excluding carboxylic acids is 1. The second-order valence-corrected chi connectivity index (χ2v) is 9.73. The van der Waals surface area contributed by atoms with E-state index in [1.807, 2.05) is 6.92 Å². The van der Waals surface area contributed by atoms with Gasteiger partial charge in [0.15, 0.2) is 6.61 Å². The molecule has 1 fully saturated rings. The average molecular weight is 429 g/mol. The summed E-state index contributed by atoms with van der Waals surface area (Å²) in [5.74, 6) is 0.523. The molecular weight excluding hydrogens is 408 g/mol. The highest BCUT2D eigenvalue weighted by Gasteiger charge is 2.27. The molecule has 0 atom stereocenters. The summed E-state index contributed by atoms with van der Waals surface area (Å²) in [4.78, 5) is 14.1.